The number of hydrogen-bond donors (Lipinski definition) is 0. The highest BCUT2D eigenvalue weighted by atomic mass is 79.9. The minimum Gasteiger partial charge on any atom is -0.292 e. The lowest BCUT2D eigenvalue weighted by molar-refractivity contribution is 0.0987. The second-order valence-corrected chi connectivity index (χ2v) is 4.48. The lowest BCUT2D eigenvalue weighted by atomic mass is 10.1. The maximum absolute atomic E-state index is 13.3. The van der Waals surface area contributed by atoms with E-state index in [0.29, 0.717) is 15.7 Å². The van der Waals surface area contributed by atoms with Crippen LogP contribution in [0.15, 0.2) is 34.9 Å². The number of Topliss-reactive ketones (excluding diaryl/α,β-unsaturated/α-hetero) is 1. The Labute approximate surface area is 106 Å². The van der Waals surface area contributed by atoms with Gasteiger partial charge in [0.15, 0.2) is 5.78 Å². The molecule has 17 heavy (non-hydrogen) atoms. The molecule has 2 aromatic rings. The number of halogens is 2. The maximum atomic E-state index is 13.3. The highest BCUT2D eigenvalue weighted by Gasteiger charge is 2.13. The summed E-state index contributed by atoms with van der Waals surface area (Å²) in [4.78, 5) is 11.9. The van der Waals surface area contributed by atoms with Crippen molar-refractivity contribution in [3.63, 3.8) is 0 Å². The van der Waals surface area contributed by atoms with E-state index in [4.69, 9.17) is 0 Å². The maximum Gasteiger partial charge on any atom is 0.187 e. The average Bonchev–Trinajstić information content (AvgIpc) is 2.72. The Bertz CT molecular complexity index is 565. The summed E-state index contributed by atoms with van der Waals surface area (Å²) in [5.74, 6) is -0.492. The zero-order valence-corrected chi connectivity index (χ0v) is 10.7. The first-order valence-electron chi connectivity index (χ1n) is 5.03. The van der Waals surface area contributed by atoms with Gasteiger partial charge in [-0.05, 0) is 33.6 Å². The minimum atomic E-state index is -0.365. The lowest BCUT2D eigenvalue weighted by Gasteiger charge is -2.03. The van der Waals surface area contributed by atoms with E-state index < -0.39 is 0 Å². The van der Waals surface area contributed by atoms with Crippen molar-refractivity contribution in [2.75, 3.05) is 0 Å². The fourth-order valence-corrected chi connectivity index (χ4v) is 1.92. The Morgan fingerprint density at radius 3 is 2.88 bits per heavy atom. The lowest BCUT2D eigenvalue weighted by Crippen LogP contribution is -2.06. The summed E-state index contributed by atoms with van der Waals surface area (Å²) in [6.07, 6.45) is 1.84. The van der Waals surface area contributed by atoms with Crippen LogP contribution in [0.2, 0.25) is 0 Å². The van der Waals surface area contributed by atoms with Gasteiger partial charge < -0.3 is 0 Å². The number of aromatic nitrogens is 2. The van der Waals surface area contributed by atoms with E-state index in [0.717, 1.165) is 0 Å². The van der Waals surface area contributed by atoms with Crippen molar-refractivity contribution in [3.8, 4) is 0 Å². The van der Waals surface area contributed by atoms with Crippen molar-refractivity contribution in [3.05, 3.63) is 52.0 Å². The number of hydrogen-bond acceptors (Lipinski definition) is 2. The van der Waals surface area contributed by atoms with E-state index in [1.165, 1.54) is 6.07 Å². The summed E-state index contributed by atoms with van der Waals surface area (Å²) in [5, 5.41) is 4.02. The van der Waals surface area contributed by atoms with Gasteiger partial charge in [-0.1, -0.05) is 12.1 Å². The van der Waals surface area contributed by atoms with Crippen molar-refractivity contribution < 1.29 is 9.18 Å². The van der Waals surface area contributed by atoms with Crippen LogP contribution in [0, 0.1) is 5.82 Å². The molecule has 1 aromatic heterocycles. The molecular weight excluding hydrogens is 287 g/mol. The molecule has 2 rings (SSSR count). The largest absolute Gasteiger partial charge is 0.292 e. The third-order valence-electron chi connectivity index (χ3n) is 2.38. The standard InChI is InChI=1S/C12H10BrFN2O/c1-16-6-5-10(15-16)11(17)7-8-3-2-4-9(14)12(8)13/h2-6H,7H2,1H3. The molecule has 0 aliphatic rings. The molecule has 0 bridgehead atoms. The van der Waals surface area contributed by atoms with Gasteiger partial charge in [0.2, 0.25) is 0 Å². The van der Waals surface area contributed by atoms with Gasteiger partial charge in [0.1, 0.15) is 11.5 Å². The molecule has 0 fully saturated rings. The van der Waals surface area contributed by atoms with Crippen LogP contribution in [0.3, 0.4) is 0 Å². The summed E-state index contributed by atoms with van der Waals surface area (Å²) in [5.41, 5.74) is 1.02. The predicted octanol–water partition coefficient (Wildman–Crippen LogP) is 2.75. The van der Waals surface area contributed by atoms with E-state index in [2.05, 4.69) is 21.0 Å². The van der Waals surface area contributed by atoms with Gasteiger partial charge in [-0.25, -0.2) is 4.39 Å². The van der Waals surface area contributed by atoms with Crippen molar-refractivity contribution in [1.29, 1.82) is 0 Å². The minimum absolute atomic E-state index is 0.128. The van der Waals surface area contributed by atoms with E-state index in [1.807, 2.05) is 0 Å². The number of ketones is 1. The van der Waals surface area contributed by atoms with Gasteiger partial charge in [0.05, 0.1) is 4.47 Å². The van der Waals surface area contributed by atoms with Gasteiger partial charge in [-0.2, -0.15) is 5.10 Å². The smallest absolute Gasteiger partial charge is 0.187 e. The van der Waals surface area contributed by atoms with Crippen LogP contribution in [-0.4, -0.2) is 15.6 Å². The number of carbonyl (C=O) groups excluding carboxylic acids is 1. The summed E-state index contributed by atoms with van der Waals surface area (Å²) < 4.78 is 15.2. The second-order valence-electron chi connectivity index (χ2n) is 3.69. The fourth-order valence-electron chi connectivity index (χ4n) is 1.51. The Hall–Kier alpha value is -1.49. The van der Waals surface area contributed by atoms with Gasteiger partial charge in [0.25, 0.3) is 0 Å². The number of aryl methyl sites for hydroxylation is 1. The van der Waals surface area contributed by atoms with Gasteiger partial charge in [-0.3, -0.25) is 9.48 Å². The Morgan fingerprint density at radius 2 is 2.24 bits per heavy atom. The molecule has 0 aliphatic heterocycles. The number of carbonyl (C=O) groups is 1. The molecule has 0 atom stereocenters. The van der Waals surface area contributed by atoms with E-state index >= 15 is 0 Å². The number of rotatable bonds is 3. The topological polar surface area (TPSA) is 34.9 Å². The SMILES string of the molecule is Cn1ccc(C(=O)Cc2cccc(F)c2Br)n1. The quantitative estimate of drug-likeness (QED) is 0.817. The highest BCUT2D eigenvalue weighted by molar-refractivity contribution is 9.10. The third kappa shape index (κ3) is 2.61. The predicted molar refractivity (Wildman–Crippen MR) is 65.3 cm³/mol. The molecule has 0 amide bonds. The normalized spacial score (nSPS) is 10.5. The van der Waals surface area contributed by atoms with Crippen molar-refractivity contribution >= 4 is 21.7 Å². The van der Waals surface area contributed by atoms with E-state index in [-0.39, 0.29) is 18.0 Å². The third-order valence-corrected chi connectivity index (χ3v) is 3.27. The number of nitrogens with zero attached hydrogens (tertiary/aromatic N) is 2. The zero-order chi connectivity index (χ0) is 12.4. The van der Waals surface area contributed by atoms with Crippen molar-refractivity contribution in [1.82, 2.24) is 9.78 Å². The average molecular weight is 297 g/mol. The van der Waals surface area contributed by atoms with Gasteiger partial charge >= 0.3 is 0 Å². The summed E-state index contributed by atoms with van der Waals surface area (Å²) in [6.45, 7) is 0. The summed E-state index contributed by atoms with van der Waals surface area (Å²) in [7, 11) is 1.74. The van der Waals surface area contributed by atoms with E-state index in [1.54, 1.807) is 36.1 Å². The molecule has 0 spiro atoms. The molecule has 3 nitrogen and oxygen atoms in total. The van der Waals surface area contributed by atoms with Crippen LogP contribution in [-0.2, 0) is 13.5 Å². The first-order valence-corrected chi connectivity index (χ1v) is 5.83. The molecule has 0 saturated carbocycles. The molecule has 88 valence electrons. The fraction of sp³-hybridized carbons (Fsp3) is 0.167. The Balaban J connectivity index is 2.21. The van der Waals surface area contributed by atoms with Crippen LogP contribution in [0.4, 0.5) is 4.39 Å². The molecule has 0 N–H and O–H groups in total. The first-order chi connectivity index (χ1) is 8.08. The van der Waals surface area contributed by atoms with Crippen LogP contribution in [0.5, 0.6) is 0 Å². The summed E-state index contributed by atoms with van der Waals surface area (Å²) in [6, 6.07) is 6.30. The molecule has 0 unspecified atom stereocenters. The molecule has 1 heterocycles. The second kappa shape index (κ2) is 4.79. The Morgan fingerprint density at radius 1 is 1.47 bits per heavy atom. The molecule has 0 radical (unpaired) electrons. The van der Waals surface area contributed by atoms with E-state index in [9.17, 15) is 9.18 Å². The van der Waals surface area contributed by atoms with Gasteiger partial charge in [0, 0.05) is 19.7 Å². The van der Waals surface area contributed by atoms with Gasteiger partial charge in [-0.15, -0.1) is 0 Å². The van der Waals surface area contributed by atoms with Crippen LogP contribution < -0.4 is 0 Å². The monoisotopic (exact) mass is 296 g/mol. The van der Waals surface area contributed by atoms with Crippen molar-refractivity contribution in [2.45, 2.75) is 6.42 Å². The molecule has 0 saturated heterocycles. The molecule has 5 heteroatoms. The highest BCUT2D eigenvalue weighted by Crippen LogP contribution is 2.21. The first kappa shape index (κ1) is 12.0. The molecule has 0 aliphatic carbocycles. The molecular formula is C12H10BrFN2O. The van der Waals surface area contributed by atoms with Crippen molar-refractivity contribution in [2.24, 2.45) is 7.05 Å². The van der Waals surface area contributed by atoms with Crippen LogP contribution in [0.25, 0.3) is 0 Å². The summed E-state index contributed by atoms with van der Waals surface area (Å²) >= 11 is 3.13. The van der Waals surface area contributed by atoms with Crippen LogP contribution >= 0.6 is 15.9 Å². The van der Waals surface area contributed by atoms with Crippen LogP contribution in [0.1, 0.15) is 16.1 Å². The zero-order valence-electron chi connectivity index (χ0n) is 9.15. The Kier molecular flexibility index (Phi) is 3.38. The molecule has 1 aromatic carbocycles. The number of benzene rings is 1.